The van der Waals surface area contributed by atoms with E-state index in [4.69, 9.17) is 4.74 Å². The van der Waals surface area contributed by atoms with Gasteiger partial charge in [-0.15, -0.1) is 0 Å². The van der Waals surface area contributed by atoms with E-state index in [-0.39, 0.29) is 5.82 Å². The van der Waals surface area contributed by atoms with E-state index in [1.54, 1.807) is 0 Å². The molecule has 2 saturated heterocycles. The Bertz CT molecular complexity index is 769. The zero-order valence-corrected chi connectivity index (χ0v) is 16.9. The minimum Gasteiger partial charge on any atom is -0.378 e. The van der Waals surface area contributed by atoms with Gasteiger partial charge >= 0.3 is 0 Å². The van der Waals surface area contributed by atoms with E-state index in [1.807, 2.05) is 4.90 Å². The van der Waals surface area contributed by atoms with Crippen LogP contribution in [0.2, 0.25) is 0 Å². The van der Waals surface area contributed by atoms with Crippen LogP contribution in [0.15, 0.2) is 36.5 Å². The Balaban J connectivity index is 1.28. The summed E-state index contributed by atoms with van der Waals surface area (Å²) in [6, 6.07) is 10.7. The lowest BCUT2D eigenvalue weighted by atomic mass is 9.97. The summed E-state index contributed by atoms with van der Waals surface area (Å²) in [6.45, 7) is 6.68. The maximum absolute atomic E-state index is 14.2. The summed E-state index contributed by atoms with van der Waals surface area (Å²) in [5.41, 5.74) is 1.39. The van der Waals surface area contributed by atoms with Crippen molar-refractivity contribution in [1.82, 2.24) is 14.9 Å². The second-order valence-corrected chi connectivity index (χ2v) is 7.89. The van der Waals surface area contributed by atoms with Gasteiger partial charge in [-0.3, -0.25) is 0 Å². The number of morpholine rings is 1. The predicted molar refractivity (Wildman–Crippen MR) is 113 cm³/mol. The van der Waals surface area contributed by atoms with Crippen LogP contribution < -0.4 is 10.2 Å². The third-order valence-electron chi connectivity index (χ3n) is 5.75. The van der Waals surface area contributed by atoms with Crippen LogP contribution in [-0.2, 0) is 11.2 Å². The van der Waals surface area contributed by atoms with E-state index in [2.05, 4.69) is 50.5 Å². The SMILES string of the molecule is Fc1cnc(NCC2CCCN(CCc3ccccc3)C2)nc1N1CCOCC1. The van der Waals surface area contributed by atoms with Crippen molar-refractivity contribution in [3.05, 3.63) is 47.9 Å². The van der Waals surface area contributed by atoms with E-state index in [0.29, 0.717) is 44.0 Å². The fourth-order valence-corrected chi connectivity index (χ4v) is 4.13. The molecule has 0 aliphatic carbocycles. The molecule has 2 aliphatic rings. The average Bonchev–Trinajstić information content (AvgIpc) is 2.79. The fraction of sp³-hybridized carbons (Fsp3) is 0.545. The number of rotatable bonds is 7. The number of piperidine rings is 1. The largest absolute Gasteiger partial charge is 0.378 e. The van der Waals surface area contributed by atoms with Gasteiger partial charge in [0.1, 0.15) is 0 Å². The number of nitrogens with one attached hydrogen (secondary N) is 1. The highest BCUT2D eigenvalue weighted by molar-refractivity contribution is 5.44. The van der Waals surface area contributed by atoms with Gasteiger partial charge in [-0.2, -0.15) is 4.98 Å². The molecular formula is C22H30FN5O. The Morgan fingerprint density at radius 1 is 1.14 bits per heavy atom. The molecule has 7 heteroatoms. The first-order valence-electron chi connectivity index (χ1n) is 10.6. The van der Waals surface area contributed by atoms with Crippen molar-refractivity contribution in [2.24, 2.45) is 5.92 Å². The third kappa shape index (κ3) is 5.64. The Morgan fingerprint density at radius 3 is 2.79 bits per heavy atom. The highest BCUT2D eigenvalue weighted by Crippen LogP contribution is 2.20. The minimum atomic E-state index is -0.373. The Hall–Kier alpha value is -2.25. The van der Waals surface area contributed by atoms with Crippen LogP contribution >= 0.6 is 0 Å². The highest BCUT2D eigenvalue weighted by Gasteiger charge is 2.21. The topological polar surface area (TPSA) is 53.5 Å². The molecule has 1 aromatic heterocycles. The van der Waals surface area contributed by atoms with Crippen molar-refractivity contribution in [3.63, 3.8) is 0 Å². The Morgan fingerprint density at radius 2 is 1.97 bits per heavy atom. The summed E-state index contributed by atoms with van der Waals surface area (Å²) < 4.78 is 19.5. The average molecular weight is 400 g/mol. The number of ether oxygens (including phenoxy) is 1. The number of hydrogen-bond acceptors (Lipinski definition) is 6. The third-order valence-corrected chi connectivity index (χ3v) is 5.75. The predicted octanol–water partition coefficient (Wildman–Crippen LogP) is 2.82. The number of aromatic nitrogens is 2. The molecule has 1 N–H and O–H groups in total. The van der Waals surface area contributed by atoms with E-state index in [1.165, 1.54) is 24.6 Å². The molecule has 1 atom stereocenters. The second-order valence-electron chi connectivity index (χ2n) is 7.89. The van der Waals surface area contributed by atoms with Crippen LogP contribution in [-0.4, -0.2) is 67.4 Å². The van der Waals surface area contributed by atoms with Gasteiger partial charge in [0.25, 0.3) is 0 Å². The molecule has 0 spiro atoms. The van der Waals surface area contributed by atoms with Crippen LogP contribution in [0, 0.1) is 11.7 Å². The lowest BCUT2D eigenvalue weighted by Gasteiger charge is -2.33. The first-order valence-corrected chi connectivity index (χ1v) is 10.6. The summed E-state index contributed by atoms with van der Waals surface area (Å²) in [5.74, 6) is 1.07. The molecule has 0 bridgehead atoms. The maximum atomic E-state index is 14.2. The molecule has 0 saturated carbocycles. The Labute approximate surface area is 172 Å². The zero-order valence-electron chi connectivity index (χ0n) is 16.9. The molecule has 4 rings (SSSR count). The molecule has 6 nitrogen and oxygen atoms in total. The molecule has 156 valence electrons. The first kappa shape index (κ1) is 20.0. The van der Waals surface area contributed by atoms with Crippen LogP contribution in [0.5, 0.6) is 0 Å². The standard InChI is InChI=1S/C22H30FN5O/c23-20-16-25-22(26-21(20)28-11-13-29-14-12-28)24-15-19-7-4-9-27(17-19)10-8-18-5-2-1-3-6-18/h1-3,5-6,16,19H,4,7-15,17H2,(H,24,25,26). The smallest absolute Gasteiger partial charge is 0.224 e. The molecule has 3 heterocycles. The number of benzene rings is 1. The second kappa shape index (κ2) is 9.98. The molecule has 0 amide bonds. The summed E-state index contributed by atoms with van der Waals surface area (Å²) in [4.78, 5) is 13.1. The van der Waals surface area contributed by atoms with E-state index in [9.17, 15) is 4.39 Å². The van der Waals surface area contributed by atoms with Crippen molar-refractivity contribution in [2.45, 2.75) is 19.3 Å². The van der Waals surface area contributed by atoms with Crippen LogP contribution in [0.1, 0.15) is 18.4 Å². The zero-order chi connectivity index (χ0) is 19.9. The van der Waals surface area contributed by atoms with Gasteiger partial charge in [0.05, 0.1) is 19.4 Å². The molecule has 1 unspecified atom stereocenters. The highest BCUT2D eigenvalue weighted by atomic mass is 19.1. The van der Waals surface area contributed by atoms with Gasteiger partial charge in [0.15, 0.2) is 11.6 Å². The van der Waals surface area contributed by atoms with Crippen molar-refractivity contribution >= 4 is 11.8 Å². The number of likely N-dealkylation sites (tertiary alicyclic amines) is 1. The lowest BCUT2D eigenvalue weighted by Crippen LogP contribution is -2.39. The molecule has 29 heavy (non-hydrogen) atoms. The quantitative estimate of drug-likeness (QED) is 0.773. The summed E-state index contributed by atoms with van der Waals surface area (Å²) >= 11 is 0. The van der Waals surface area contributed by atoms with Gasteiger partial charge in [-0.05, 0) is 37.3 Å². The number of halogens is 1. The van der Waals surface area contributed by atoms with Gasteiger partial charge in [0, 0.05) is 32.7 Å². The molecule has 2 aliphatic heterocycles. The number of hydrogen-bond donors (Lipinski definition) is 1. The van der Waals surface area contributed by atoms with Gasteiger partial charge in [0.2, 0.25) is 5.95 Å². The maximum Gasteiger partial charge on any atom is 0.224 e. The van der Waals surface area contributed by atoms with Crippen molar-refractivity contribution in [3.8, 4) is 0 Å². The van der Waals surface area contributed by atoms with Crippen LogP contribution in [0.4, 0.5) is 16.2 Å². The molecule has 0 radical (unpaired) electrons. The first-order chi connectivity index (χ1) is 14.3. The fourth-order valence-electron chi connectivity index (χ4n) is 4.13. The minimum absolute atomic E-state index is 0.373. The molecular weight excluding hydrogens is 369 g/mol. The van der Waals surface area contributed by atoms with Crippen molar-refractivity contribution in [2.75, 3.05) is 62.7 Å². The molecule has 2 fully saturated rings. The van der Waals surface area contributed by atoms with E-state index < -0.39 is 0 Å². The summed E-state index contributed by atoms with van der Waals surface area (Å²) in [5, 5.41) is 3.34. The van der Waals surface area contributed by atoms with Gasteiger partial charge in [-0.1, -0.05) is 30.3 Å². The van der Waals surface area contributed by atoms with Crippen LogP contribution in [0.25, 0.3) is 0 Å². The van der Waals surface area contributed by atoms with Crippen molar-refractivity contribution in [1.29, 1.82) is 0 Å². The van der Waals surface area contributed by atoms with Crippen molar-refractivity contribution < 1.29 is 9.13 Å². The van der Waals surface area contributed by atoms with E-state index >= 15 is 0 Å². The Kier molecular flexibility index (Phi) is 6.90. The normalized spacial score (nSPS) is 20.6. The molecule has 2 aromatic rings. The summed E-state index contributed by atoms with van der Waals surface area (Å²) in [7, 11) is 0. The van der Waals surface area contributed by atoms with Gasteiger partial charge in [-0.25, -0.2) is 9.37 Å². The lowest BCUT2D eigenvalue weighted by molar-refractivity contribution is 0.122. The van der Waals surface area contributed by atoms with Crippen LogP contribution in [0.3, 0.4) is 0 Å². The number of anilines is 2. The monoisotopic (exact) mass is 399 g/mol. The number of nitrogens with zero attached hydrogens (tertiary/aromatic N) is 4. The summed E-state index contributed by atoms with van der Waals surface area (Å²) in [6.07, 6.45) is 4.77. The molecule has 1 aromatic carbocycles. The van der Waals surface area contributed by atoms with Gasteiger partial charge < -0.3 is 19.9 Å². The van der Waals surface area contributed by atoms with E-state index in [0.717, 1.165) is 32.6 Å².